The fourth-order valence-corrected chi connectivity index (χ4v) is 2.09. The average molecular weight is 286 g/mol. The molecule has 0 saturated carbocycles. The molecule has 1 aliphatic heterocycles. The van der Waals surface area contributed by atoms with Crippen LogP contribution in [-0.2, 0) is 4.74 Å². The van der Waals surface area contributed by atoms with Gasteiger partial charge in [0.25, 0.3) is 0 Å². The van der Waals surface area contributed by atoms with Crippen LogP contribution in [0.15, 0.2) is 0 Å². The molecule has 2 rings (SSSR count). The number of nitrogens with one attached hydrogen (secondary N) is 1. The first-order valence-corrected chi connectivity index (χ1v) is 7.05. The standard InChI is InChI=1S/C12H20ClN5O/c1-9(2)19-8-5-14-11-15-10(13)16-12(17-11)18-6-3-4-7-18/h9H,3-8H2,1-2H3,(H,14,15,16,17). The van der Waals surface area contributed by atoms with Crippen LogP contribution < -0.4 is 10.2 Å². The van der Waals surface area contributed by atoms with Crippen molar-refractivity contribution in [3.05, 3.63) is 5.28 Å². The van der Waals surface area contributed by atoms with E-state index in [-0.39, 0.29) is 11.4 Å². The molecule has 1 aliphatic rings. The summed E-state index contributed by atoms with van der Waals surface area (Å²) >= 11 is 5.93. The van der Waals surface area contributed by atoms with Gasteiger partial charge in [0.1, 0.15) is 0 Å². The smallest absolute Gasteiger partial charge is 0.231 e. The SMILES string of the molecule is CC(C)OCCNc1nc(Cl)nc(N2CCCC2)n1. The van der Waals surface area contributed by atoms with Crippen LogP contribution in [0.2, 0.25) is 5.28 Å². The number of hydrogen-bond donors (Lipinski definition) is 1. The van der Waals surface area contributed by atoms with E-state index in [1.54, 1.807) is 0 Å². The van der Waals surface area contributed by atoms with Crippen LogP contribution in [0, 0.1) is 0 Å². The molecule has 0 bridgehead atoms. The molecule has 0 amide bonds. The zero-order chi connectivity index (χ0) is 13.7. The van der Waals surface area contributed by atoms with Gasteiger partial charge in [0, 0.05) is 19.6 Å². The summed E-state index contributed by atoms with van der Waals surface area (Å²) in [5.41, 5.74) is 0. The summed E-state index contributed by atoms with van der Waals surface area (Å²) in [7, 11) is 0. The Hall–Kier alpha value is -1.14. The molecule has 19 heavy (non-hydrogen) atoms. The summed E-state index contributed by atoms with van der Waals surface area (Å²) in [6.45, 7) is 7.24. The Kier molecular flexibility index (Phi) is 5.15. The summed E-state index contributed by atoms with van der Waals surface area (Å²) < 4.78 is 5.45. The summed E-state index contributed by atoms with van der Waals surface area (Å²) in [6, 6.07) is 0. The molecule has 1 N–H and O–H groups in total. The lowest BCUT2D eigenvalue weighted by molar-refractivity contribution is 0.0870. The third kappa shape index (κ3) is 4.47. The van der Waals surface area contributed by atoms with Crippen molar-refractivity contribution in [2.75, 3.05) is 36.5 Å². The van der Waals surface area contributed by atoms with Crippen molar-refractivity contribution in [1.29, 1.82) is 0 Å². The van der Waals surface area contributed by atoms with Crippen LogP contribution in [0.1, 0.15) is 26.7 Å². The van der Waals surface area contributed by atoms with Gasteiger partial charge in [0.2, 0.25) is 17.2 Å². The quantitative estimate of drug-likeness (QED) is 0.806. The van der Waals surface area contributed by atoms with E-state index in [4.69, 9.17) is 16.3 Å². The molecule has 1 fully saturated rings. The van der Waals surface area contributed by atoms with Crippen molar-refractivity contribution >= 4 is 23.5 Å². The Morgan fingerprint density at radius 3 is 2.68 bits per heavy atom. The van der Waals surface area contributed by atoms with Crippen LogP contribution in [0.4, 0.5) is 11.9 Å². The van der Waals surface area contributed by atoms with Crippen LogP contribution >= 0.6 is 11.6 Å². The molecule has 0 spiro atoms. The van der Waals surface area contributed by atoms with E-state index in [9.17, 15) is 0 Å². The van der Waals surface area contributed by atoms with Crippen molar-refractivity contribution in [3.63, 3.8) is 0 Å². The van der Waals surface area contributed by atoms with Gasteiger partial charge >= 0.3 is 0 Å². The average Bonchev–Trinajstić information content (AvgIpc) is 2.87. The van der Waals surface area contributed by atoms with Gasteiger partial charge in [-0.1, -0.05) is 0 Å². The van der Waals surface area contributed by atoms with Gasteiger partial charge in [-0.2, -0.15) is 15.0 Å². The summed E-state index contributed by atoms with van der Waals surface area (Å²) in [5.74, 6) is 1.17. The number of anilines is 2. The van der Waals surface area contributed by atoms with E-state index >= 15 is 0 Å². The molecule has 0 aliphatic carbocycles. The molecular weight excluding hydrogens is 266 g/mol. The predicted molar refractivity (Wildman–Crippen MR) is 75.9 cm³/mol. The van der Waals surface area contributed by atoms with Crippen LogP contribution in [0.25, 0.3) is 0 Å². The maximum absolute atomic E-state index is 5.93. The predicted octanol–water partition coefficient (Wildman–Crippen LogP) is 1.96. The monoisotopic (exact) mass is 285 g/mol. The second-order valence-corrected chi connectivity index (χ2v) is 5.11. The van der Waals surface area contributed by atoms with E-state index in [1.165, 1.54) is 12.8 Å². The van der Waals surface area contributed by atoms with E-state index in [0.29, 0.717) is 25.0 Å². The van der Waals surface area contributed by atoms with Crippen molar-refractivity contribution < 1.29 is 4.74 Å². The lowest BCUT2D eigenvalue weighted by atomic mass is 10.4. The second kappa shape index (κ2) is 6.86. The van der Waals surface area contributed by atoms with Gasteiger partial charge < -0.3 is 15.0 Å². The first-order chi connectivity index (χ1) is 9.15. The van der Waals surface area contributed by atoms with Crippen LogP contribution in [0.3, 0.4) is 0 Å². The van der Waals surface area contributed by atoms with Crippen molar-refractivity contribution in [2.45, 2.75) is 32.8 Å². The summed E-state index contributed by atoms with van der Waals surface area (Å²) in [5, 5.41) is 3.33. The number of hydrogen-bond acceptors (Lipinski definition) is 6. The largest absolute Gasteiger partial charge is 0.377 e. The van der Waals surface area contributed by atoms with Crippen LogP contribution in [0.5, 0.6) is 0 Å². The summed E-state index contributed by atoms with van der Waals surface area (Å²) in [4.78, 5) is 14.8. The zero-order valence-electron chi connectivity index (χ0n) is 11.4. The fraction of sp³-hybridized carbons (Fsp3) is 0.750. The summed E-state index contributed by atoms with van der Waals surface area (Å²) in [6.07, 6.45) is 2.58. The van der Waals surface area contributed by atoms with E-state index in [0.717, 1.165) is 13.1 Å². The third-order valence-electron chi connectivity index (χ3n) is 2.82. The second-order valence-electron chi connectivity index (χ2n) is 4.77. The van der Waals surface area contributed by atoms with Gasteiger partial charge in [0.05, 0.1) is 12.7 Å². The lowest BCUT2D eigenvalue weighted by Crippen LogP contribution is -2.22. The molecule has 0 aromatic carbocycles. The number of aromatic nitrogens is 3. The van der Waals surface area contributed by atoms with Gasteiger partial charge in [0.15, 0.2) is 0 Å². The molecule has 0 atom stereocenters. The number of ether oxygens (including phenoxy) is 1. The molecule has 1 saturated heterocycles. The first kappa shape index (κ1) is 14.3. The Bertz CT molecular complexity index is 409. The Morgan fingerprint density at radius 1 is 1.26 bits per heavy atom. The minimum atomic E-state index is 0.226. The van der Waals surface area contributed by atoms with Gasteiger partial charge in [-0.3, -0.25) is 0 Å². The highest BCUT2D eigenvalue weighted by Crippen LogP contribution is 2.18. The van der Waals surface area contributed by atoms with Crippen molar-refractivity contribution in [1.82, 2.24) is 15.0 Å². The Balaban J connectivity index is 1.92. The number of nitrogens with zero attached hydrogens (tertiary/aromatic N) is 4. The Labute approximate surface area is 118 Å². The van der Waals surface area contributed by atoms with Gasteiger partial charge in [-0.15, -0.1) is 0 Å². The third-order valence-corrected chi connectivity index (χ3v) is 2.99. The highest BCUT2D eigenvalue weighted by molar-refractivity contribution is 6.28. The van der Waals surface area contributed by atoms with Crippen LogP contribution in [-0.4, -0.2) is 47.3 Å². The molecule has 0 unspecified atom stereocenters. The highest BCUT2D eigenvalue weighted by atomic mass is 35.5. The fourth-order valence-electron chi connectivity index (χ4n) is 1.93. The van der Waals surface area contributed by atoms with E-state index < -0.39 is 0 Å². The zero-order valence-corrected chi connectivity index (χ0v) is 12.2. The van der Waals surface area contributed by atoms with E-state index in [1.807, 2.05) is 13.8 Å². The lowest BCUT2D eigenvalue weighted by Gasteiger charge is -2.16. The minimum Gasteiger partial charge on any atom is -0.377 e. The Morgan fingerprint density at radius 2 is 2.00 bits per heavy atom. The van der Waals surface area contributed by atoms with E-state index in [2.05, 4.69) is 25.2 Å². The van der Waals surface area contributed by atoms with Gasteiger partial charge in [-0.05, 0) is 38.3 Å². The molecule has 1 aromatic heterocycles. The first-order valence-electron chi connectivity index (χ1n) is 6.67. The molecule has 2 heterocycles. The number of halogens is 1. The minimum absolute atomic E-state index is 0.226. The molecule has 7 heteroatoms. The molecule has 0 radical (unpaired) electrons. The molecule has 106 valence electrons. The van der Waals surface area contributed by atoms with Gasteiger partial charge in [-0.25, -0.2) is 0 Å². The molecular formula is C12H20ClN5O. The topological polar surface area (TPSA) is 63.2 Å². The van der Waals surface area contributed by atoms with Crippen molar-refractivity contribution in [3.8, 4) is 0 Å². The maximum Gasteiger partial charge on any atom is 0.231 e. The molecule has 1 aromatic rings. The molecule has 6 nitrogen and oxygen atoms in total. The maximum atomic E-state index is 5.93. The normalized spacial score (nSPS) is 15.3. The highest BCUT2D eigenvalue weighted by Gasteiger charge is 2.16. The number of rotatable bonds is 6. The van der Waals surface area contributed by atoms with Crippen molar-refractivity contribution in [2.24, 2.45) is 0 Å².